The van der Waals surface area contributed by atoms with E-state index in [1.54, 1.807) is 44.2 Å². The van der Waals surface area contributed by atoms with Crippen molar-refractivity contribution in [2.45, 2.75) is 89.6 Å². The number of hydrogen-bond donors (Lipinski definition) is 5. The SMILES string of the molecule is CC(C)N[C@@H](CCC(=O)C[C@@H](CC(=O)O)C(=O)N[C@@H](Cc1ccccc1)C(=O)C[C@@H](CSC(C)C)C(=O)O)C(=O)O. The summed E-state index contributed by atoms with van der Waals surface area (Å²) in [4.78, 5) is 74.0. The van der Waals surface area contributed by atoms with Crippen molar-refractivity contribution in [3.63, 3.8) is 0 Å². The van der Waals surface area contributed by atoms with E-state index in [2.05, 4.69) is 10.6 Å². The van der Waals surface area contributed by atoms with Crippen LogP contribution in [0, 0.1) is 11.8 Å². The Morgan fingerprint density at radius 2 is 1.44 bits per heavy atom. The van der Waals surface area contributed by atoms with Gasteiger partial charge in [0.15, 0.2) is 5.78 Å². The van der Waals surface area contributed by atoms with Crippen molar-refractivity contribution >= 4 is 47.1 Å². The van der Waals surface area contributed by atoms with Gasteiger partial charge >= 0.3 is 17.9 Å². The molecule has 0 aromatic heterocycles. The molecule has 0 saturated carbocycles. The van der Waals surface area contributed by atoms with Crippen molar-refractivity contribution in [2.75, 3.05) is 5.75 Å². The molecule has 4 atom stereocenters. The van der Waals surface area contributed by atoms with Gasteiger partial charge in [-0.25, -0.2) is 0 Å². The maximum atomic E-state index is 13.3. The van der Waals surface area contributed by atoms with E-state index in [0.717, 1.165) is 0 Å². The van der Waals surface area contributed by atoms with Crippen LogP contribution in [-0.4, -0.2) is 79.8 Å². The lowest BCUT2D eigenvalue weighted by Crippen LogP contribution is -2.46. The van der Waals surface area contributed by atoms with Crippen LogP contribution in [0.3, 0.4) is 0 Å². The molecule has 0 fully saturated rings. The van der Waals surface area contributed by atoms with E-state index in [-0.39, 0.29) is 42.7 Å². The third-order valence-electron chi connectivity index (χ3n) is 6.23. The summed E-state index contributed by atoms with van der Waals surface area (Å²) in [5.74, 6) is -7.42. The number of carboxylic acid groups (broad SMARTS) is 3. The molecule has 5 N–H and O–H groups in total. The Morgan fingerprint density at radius 3 is 1.95 bits per heavy atom. The van der Waals surface area contributed by atoms with Crippen LogP contribution >= 0.6 is 11.8 Å². The summed E-state index contributed by atoms with van der Waals surface area (Å²) in [6.45, 7) is 7.35. The number of amides is 1. The minimum atomic E-state index is -1.31. The van der Waals surface area contributed by atoms with Gasteiger partial charge in [-0.3, -0.25) is 28.8 Å². The predicted octanol–water partition coefficient (Wildman–Crippen LogP) is 2.80. The summed E-state index contributed by atoms with van der Waals surface area (Å²) >= 11 is 1.40. The van der Waals surface area contributed by atoms with Gasteiger partial charge in [-0.15, -0.1) is 0 Å². The van der Waals surface area contributed by atoms with Gasteiger partial charge in [0.25, 0.3) is 0 Å². The molecule has 1 amide bonds. The van der Waals surface area contributed by atoms with Crippen molar-refractivity contribution in [2.24, 2.45) is 11.8 Å². The fourth-order valence-corrected chi connectivity index (χ4v) is 5.00. The summed E-state index contributed by atoms with van der Waals surface area (Å²) in [5.41, 5.74) is 0.706. The molecule has 0 aliphatic rings. The summed E-state index contributed by atoms with van der Waals surface area (Å²) in [7, 11) is 0. The largest absolute Gasteiger partial charge is 0.481 e. The molecule has 0 spiro atoms. The van der Waals surface area contributed by atoms with Gasteiger partial charge in [-0.05, 0) is 23.7 Å². The van der Waals surface area contributed by atoms with Gasteiger partial charge in [0.2, 0.25) is 5.91 Å². The Balaban J connectivity index is 3.07. The smallest absolute Gasteiger partial charge is 0.320 e. The number of nitrogens with one attached hydrogen (secondary N) is 2. The van der Waals surface area contributed by atoms with Gasteiger partial charge < -0.3 is 26.0 Å². The zero-order chi connectivity index (χ0) is 31.1. The minimum Gasteiger partial charge on any atom is -0.481 e. The second-order valence-electron chi connectivity index (χ2n) is 10.6. The topological polar surface area (TPSA) is 187 Å². The molecule has 0 radical (unpaired) electrons. The molecular weight excluding hydrogens is 552 g/mol. The number of Topliss-reactive ketones (excluding diaryl/α,β-unsaturated/α-hetero) is 2. The van der Waals surface area contributed by atoms with Crippen LogP contribution in [0.2, 0.25) is 0 Å². The number of thioether (sulfide) groups is 1. The van der Waals surface area contributed by atoms with E-state index < -0.39 is 72.1 Å². The van der Waals surface area contributed by atoms with E-state index in [0.29, 0.717) is 5.56 Å². The molecule has 1 aromatic carbocycles. The Bertz CT molecular complexity index is 1050. The average molecular weight is 595 g/mol. The first-order valence-corrected chi connectivity index (χ1v) is 14.7. The van der Waals surface area contributed by atoms with Gasteiger partial charge in [-0.1, -0.05) is 58.0 Å². The first-order valence-electron chi connectivity index (χ1n) is 13.6. The standard InChI is InChI=1S/C29H42N2O9S/c1-17(2)30-23(29(39)40)11-10-22(32)13-20(15-26(34)35)27(36)31-24(12-19-8-6-5-7-9-19)25(33)14-21(28(37)38)16-41-18(3)4/h5-9,17-18,20-21,23-24,30H,10-16H2,1-4H3,(H,31,36)(H,34,35)(H,37,38)(H,39,40)/t20-,21-,23-,24-/m0/s1. The number of hydrogen-bond acceptors (Lipinski definition) is 8. The first-order chi connectivity index (χ1) is 19.2. The Labute approximate surface area is 244 Å². The van der Waals surface area contributed by atoms with Crippen LogP contribution in [0.25, 0.3) is 0 Å². The van der Waals surface area contributed by atoms with E-state index in [4.69, 9.17) is 0 Å². The zero-order valence-electron chi connectivity index (χ0n) is 24.0. The third kappa shape index (κ3) is 14.8. The number of carbonyl (C=O) groups excluding carboxylic acids is 3. The highest BCUT2D eigenvalue weighted by Crippen LogP contribution is 2.20. The van der Waals surface area contributed by atoms with Crippen molar-refractivity contribution in [1.29, 1.82) is 0 Å². The molecule has 11 nitrogen and oxygen atoms in total. The zero-order valence-corrected chi connectivity index (χ0v) is 24.8. The molecule has 12 heteroatoms. The van der Waals surface area contributed by atoms with Crippen LogP contribution in [0.4, 0.5) is 0 Å². The molecular formula is C29H42N2O9S. The van der Waals surface area contributed by atoms with E-state index in [1.807, 2.05) is 13.8 Å². The lowest BCUT2D eigenvalue weighted by molar-refractivity contribution is -0.144. The van der Waals surface area contributed by atoms with Crippen LogP contribution in [0.1, 0.15) is 65.4 Å². The molecule has 0 saturated heterocycles. The monoisotopic (exact) mass is 594 g/mol. The number of carboxylic acids is 3. The third-order valence-corrected chi connectivity index (χ3v) is 7.49. The highest BCUT2D eigenvalue weighted by Gasteiger charge is 2.32. The van der Waals surface area contributed by atoms with Gasteiger partial charge in [-0.2, -0.15) is 11.8 Å². The van der Waals surface area contributed by atoms with Gasteiger partial charge in [0, 0.05) is 31.1 Å². The van der Waals surface area contributed by atoms with Crippen molar-refractivity contribution in [3.8, 4) is 0 Å². The number of aliphatic carboxylic acids is 3. The Morgan fingerprint density at radius 1 is 0.805 bits per heavy atom. The van der Waals surface area contributed by atoms with Crippen LogP contribution in [-0.2, 0) is 35.2 Å². The molecule has 0 heterocycles. The Hall–Kier alpha value is -3.25. The molecule has 0 unspecified atom stereocenters. The highest BCUT2D eigenvalue weighted by molar-refractivity contribution is 7.99. The maximum absolute atomic E-state index is 13.3. The summed E-state index contributed by atoms with van der Waals surface area (Å²) in [6, 6.07) is 6.54. The number of ketones is 2. The number of rotatable bonds is 21. The second kappa shape index (κ2) is 18.2. The minimum absolute atomic E-state index is 0.0339. The lowest BCUT2D eigenvalue weighted by atomic mass is 9.92. The predicted molar refractivity (Wildman–Crippen MR) is 155 cm³/mol. The van der Waals surface area contributed by atoms with E-state index in [1.165, 1.54) is 11.8 Å². The summed E-state index contributed by atoms with van der Waals surface area (Å²) < 4.78 is 0. The average Bonchev–Trinajstić information content (AvgIpc) is 2.87. The number of carbonyl (C=O) groups is 6. The van der Waals surface area contributed by atoms with Gasteiger partial charge in [0.1, 0.15) is 11.8 Å². The number of benzene rings is 1. The van der Waals surface area contributed by atoms with Gasteiger partial charge in [0.05, 0.1) is 24.3 Å². The molecule has 0 aliphatic carbocycles. The maximum Gasteiger partial charge on any atom is 0.320 e. The van der Waals surface area contributed by atoms with Crippen molar-refractivity contribution in [3.05, 3.63) is 35.9 Å². The van der Waals surface area contributed by atoms with Crippen molar-refractivity contribution < 1.29 is 44.1 Å². The normalized spacial score (nSPS) is 14.2. The molecule has 1 rings (SSSR count). The van der Waals surface area contributed by atoms with Crippen LogP contribution in [0.5, 0.6) is 0 Å². The highest BCUT2D eigenvalue weighted by atomic mass is 32.2. The first kappa shape index (κ1) is 35.8. The Kier molecular flexibility index (Phi) is 15.9. The fraction of sp³-hybridized carbons (Fsp3) is 0.586. The molecule has 1 aromatic rings. The molecule has 41 heavy (non-hydrogen) atoms. The molecule has 0 bridgehead atoms. The van der Waals surface area contributed by atoms with E-state index in [9.17, 15) is 44.1 Å². The molecule has 0 aliphatic heterocycles. The van der Waals surface area contributed by atoms with E-state index >= 15 is 0 Å². The van der Waals surface area contributed by atoms with Crippen LogP contribution < -0.4 is 10.6 Å². The van der Waals surface area contributed by atoms with Crippen LogP contribution in [0.15, 0.2) is 30.3 Å². The molecule has 228 valence electrons. The summed E-state index contributed by atoms with van der Waals surface area (Å²) in [5, 5.41) is 34.0. The second-order valence-corrected chi connectivity index (χ2v) is 12.2. The summed E-state index contributed by atoms with van der Waals surface area (Å²) in [6.07, 6.45) is -1.59. The van der Waals surface area contributed by atoms with Crippen molar-refractivity contribution in [1.82, 2.24) is 10.6 Å². The quantitative estimate of drug-likeness (QED) is 0.141. The lowest BCUT2D eigenvalue weighted by Gasteiger charge is -2.23. The fourth-order valence-electron chi connectivity index (χ4n) is 4.13.